The fourth-order valence-electron chi connectivity index (χ4n) is 6.24. The topological polar surface area (TPSA) is 27.7 Å². The lowest BCUT2D eigenvalue weighted by atomic mass is 9.75. The molecule has 39 heavy (non-hydrogen) atoms. The zero-order valence-electron chi connectivity index (χ0n) is 25.4. The summed E-state index contributed by atoms with van der Waals surface area (Å²) in [5.41, 5.74) is 10.4. The monoisotopic (exact) mass is 512 g/mol. The minimum absolute atomic E-state index is 0.304. The highest BCUT2D eigenvalue weighted by Gasteiger charge is 2.42. The second-order valence-electron chi connectivity index (χ2n) is 10.8. The molecule has 0 amide bonds. The highest BCUT2D eigenvalue weighted by molar-refractivity contribution is 5.94. The van der Waals surface area contributed by atoms with E-state index in [0.717, 1.165) is 55.6 Å². The van der Waals surface area contributed by atoms with Gasteiger partial charge in [-0.05, 0) is 64.3 Å². The van der Waals surface area contributed by atoms with Crippen molar-refractivity contribution in [1.82, 2.24) is 0 Å². The van der Waals surface area contributed by atoms with E-state index in [9.17, 15) is 5.26 Å². The molecule has 0 spiro atoms. The summed E-state index contributed by atoms with van der Waals surface area (Å²) in [6.45, 7) is 3.74. The van der Waals surface area contributed by atoms with E-state index in [1.54, 1.807) is 11.6 Å². The Bertz CT molecular complexity index is 1920. The Labute approximate surface area is 233 Å². The van der Waals surface area contributed by atoms with Gasteiger partial charge in [0.1, 0.15) is 12.9 Å². The molecule has 0 saturated heterocycles. The molecule has 2 nitrogen and oxygen atoms in total. The lowest BCUT2D eigenvalue weighted by molar-refractivity contribution is -0.661. The van der Waals surface area contributed by atoms with E-state index >= 15 is 4.39 Å². The van der Waals surface area contributed by atoms with E-state index in [0.29, 0.717) is 11.3 Å². The van der Waals surface area contributed by atoms with E-state index < -0.39 is 18.1 Å². The summed E-state index contributed by atoms with van der Waals surface area (Å²) in [6.07, 6.45) is 1.37. The third-order valence-electron chi connectivity index (χ3n) is 8.04. The van der Waals surface area contributed by atoms with E-state index in [-0.39, 0.29) is 5.56 Å². The molecular weight excluding hydrogens is 479 g/mol. The van der Waals surface area contributed by atoms with Gasteiger partial charge in [0.25, 0.3) is 0 Å². The standard InChI is InChI=1S/C36H30FN2/c1-22-11-17-28-29-18-16-27(20-38)33(26-14-12-25(13-15-26)24-9-7-6-8-10-24)35(29)36(3,4)34(28)32(22)31-19-30(37)23(2)21-39(31)5/h6-19,21H,1-5H3/q+1/i2D3. The summed E-state index contributed by atoms with van der Waals surface area (Å²) in [5.74, 6) is -0.751. The molecular formula is C36H30FN2+. The number of aryl methyl sites for hydroxylation is 3. The number of pyridine rings is 1. The first-order chi connectivity index (χ1) is 19.9. The predicted octanol–water partition coefficient (Wildman–Crippen LogP) is 8.45. The van der Waals surface area contributed by atoms with Gasteiger partial charge >= 0.3 is 0 Å². The van der Waals surface area contributed by atoms with Gasteiger partial charge in [-0.2, -0.15) is 5.26 Å². The van der Waals surface area contributed by atoms with Crippen molar-refractivity contribution in [3.05, 3.63) is 125 Å². The molecule has 1 aromatic heterocycles. The molecule has 0 bridgehead atoms. The molecule has 4 aromatic carbocycles. The second-order valence-corrected chi connectivity index (χ2v) is 10.8. The summed E-state index contributed by atoms with van der Waals surface area (Å²) in [7, 11) is 1.76. The maximum atomic E-state index is 15.3. The molecule has 0 N–H and O–H groups in total. The zero-order chi connectivity index (χ0) is 30.0. The van der Waals surface area contributed by atoms with E-state index in [1.165, 1.54) is 12.3 Å². The molecule has 190 valence electrons. The van der Waals surface area contributed by atoms with Crippen LogP contribution in [0.5, 0.6) is 0 Å². The number of halogens is 1. The van der Waals surface area contributed by atoms with E-state index in [2.05, 4.69) is 62.4 Å². The third kappa shape index (κ3) is 3.79. The molecule has 3 heteroatoms. The molecule has 1 aliphatic carbocycles. The number of hydrogen-bond acceptors (Lipinski definition) is 1. The molecule has 1 heterocycles. The number of hydrogen-bond donors (Lipinski definition) is 0. The van der Waals surface area contributed by atoms with Gasteiger partial charge in [-0.1, -0.05) is 86.6 Å². The van der Waals surface area contributed by atoms with Crippen LogP contribution in [0.3, 0.4) is 0 Å². The highest BCUT2D eigenvalue weighted by Crippen LogP contribution is 2.56. The number of aromatic nitrogens is 1. The first-order valence-corrected chi connectivity index (χ1v) is 13.0. The quantitative estimate of drug-likeness (QED) is 0.223. The average Bonchev–Trinajstić information content (AvgIpc) is 3.20. The predicted molar refractivity (Wildman–Crippen MR) is 156 cm³/mol. The Morgan fingerprint density at radius 2 is 1.41 bits per heavy atom. The van der Waals surface area contributed by atoms with Crippen LogP contribution in [0.1, 0.15) is 45.8 Å². The number of rotatable bonds is 3. The van der Waals surface area contributed by atoms with Crippen LogP contribution < -0.4 is 4.57 Å². The molecule has 0 aliphatic heterocycles. The van der Waals surface area contributed by atoms with Crippen molar-refractivity contribution >= 4 is 0 Å². The van der Waals surface area contributed by atoms with Gasteiger partial charge in [0.2, 0.25) is 5.69 Å². The van der Waals surface area contributed by atoms with Crippen LogP contribution in [-0.2, 0) is 12.5 Å². The Morgan fingerprint density at radius 1 is 0.795 bits per heavy atom. The largest absolute Gasteiger partial charge is 0.215 e. The minimum atomic E-state index is -2.55. The summed E-state index contributed by atoms with van der Waals surface area (Å²) in [6, 6.07) is 30.3. The number of nitrogens with zero attached hydrogens (tertiary/aromatic N) is 2. The van der Waals surface area contributed by atoms with E-state index in [4.69, 9.17) is 4.11 Å². The van der Waals surface area contributed by atoms with Crippen molar-refractivity contribution in [2.45, 2.75) is 33.0 Å². The van der Waals surface area contributed by atoms with Crippen LogP contribution in [-0.4, -0.2) is 0 Å². The first-order valence-electron chi connectivity index (χ1n) is 14.5. The Kier molecular flexibility index (Phi) is 4.95. The molecule has 6 rings (SSSR count). The van der Waals surface area contributed by atoms with Crippen LogP contribution in [0.2, 0.25) is 0 Å². The highest BCUT2D eigenvalue weighted by atomic mass is 19.1. The van der Waals surface area contributed by atoms with Gasteiger partial charge in [-0.25, -0.2) is 8.96 Å². The molecule has 0 unspecified atom stereocenters. The lowest BCUT2D eigenvalue weighted by Gasteiger charge is -2.27. The van der Waals surface area contributed by atoms with Crippen molar-refractivity contribution in [2.75, 3.05) is 0 Å². The van der Waals surface area contributed by atoms with Gasteiger partial charge in [-0.3, -0.25) is 0 Å². The van der Waals surface area contributed by atoms with Crippen LogP contribution in [0.15, 0.2) is 91.1 Å². The smallest absolute Gasteiger partial charge is 0.206 e. The first kappa shape index (κ1) is 21.4. The molecule has 5 aromatic rings. The third-order valence-corrected chi connectivity index (χ3v) is 8.04. The summed E-state index contributed by atoms with van der Waals surface area (Å²) in [4.78, 5) is 0. The van der Waals surface area contributed by atoms with Gasteiger partial charge in [0, 0.05) is 26.7 Å². The Balaban J connectivity index is 1.57. The molecule has 0 fully saturated rings. The normalized spacial score (nSPS) is 14.5. The summed E-state index contributed by atoms with van der Waals surface area (Å²) >= 11 is 0. The van der Waals surface area contributed by atoms with Gasteiger partial charge in [-0.15, -0.1) is 0 Å². The fourth-order valence-corrected chi connectivity index (χ4v) is 6.24. The molecule has 0 saturated carbocycles. The van der Waals surface area contributed by atoms with Crippen LogP contribution in [0.25, 0.3) is 44.6 Å². The van der Waals surface area contributed by atoms with Crippen molar-refractivity contribution in [3.8, 4) is 50.7 Å². The van der Waals surface area contributed by atoms with Crippen molar-refractivity contribution in [3.63, 3.8) is 0 Å². The van der Waals surface area contributed by atoms with Gasteiger partial charge in [0.15, 0.2) is 6.20 Å². The second kappa shape index (κ2) is 9.03. The van der Waals surface area contributed by atoms with Gasteiger partial charge < -0.3 is 0 Å². The maximum absolute atomic E-state index is 15.3. The average molecular weight is 513 g/mol. The van der Waals surface area contributed by atoms with Crippen LogP contribution >= 0.6 is 0 Å². The minimum Gasteiger partial charge on any atom is -0.206 e. The van der Waals surface area contributed by atoms with E-state index in [1.807, 2.05) is 43.3 Å². The molecule has 0 atom stereocenters. The van der Waals surface area contributed by atoms with Crippen LogP contribution in [0.4, 0.5) is 4.39 Å². The number of nitriles is 1. The van der Waals surface area contributed by atoms with Crippen molar-refractivity contribution < 1.29 is 13.1 Å². The summed E-state index contributed by atoms with van der Waals surface area (Å²) < 4.78 is 40.3. The zero-order valence-corrected chi connectivity index (χ0v) is 22.4. The van der Waals surface area contributed by atoms with Gasteiger partial charge in [0.05, 0.1) is 17.2 Å². The Morgan fingerprint density at radius 3 is 2.08 bits per heavy atom. The molecule has 1 aliphatic rings. The fraction of sp³-hybridized carbons (Fsp3) is 0.167. The lowest BCUT2D eigenvalue weighted by Crippen LogP contribution is -2.33. The Hall–Kier alpha value is -4.55. The molecule has 0 radical (unpaired) electrons. The maximum Gasteiger partial charge on any atom is 0.215 e. The number of fused-ring (bicyclic) bond motifs is 3. The van der Waals surface area contributed by atoms with Crippen molar-refractivity contribution in [2.24, 2.45) is 7.05 Å². The van der Waals surface area contributed by atoms with Crippen LogP contribution in [0, 0.1) is 30.9 Å². The summed E-state index contributed by atoms with van der Waals surface area (Å²) in [5, 5.41) is 10.2. The number of benzene rings is 4. The SMILES string of the molecule is [2H]C([2H])([2H])c1c[n+](C)c(-c2c(C)ccc3c2C(C)(C)c2c-3ccc(C#N)c2-c2ccc(-c3ccccc3)cc2)cc1F. The van der Waals surface area contributed by atoms with Crippen molar-refractivity contribution in [1.29, 1.82) is 5.26 Å².